The lowest BCUT2D eigenvalue weighted by Gasteiger charge is -2.21. The van der Waals surface area contributed by atoms with E-state index in [-0.39, 0.29) is 17.9 Å². The monoisotopic (exact) mass is 259 g/mol. The van der Waals surface area contributed by atoms with E-state index in [1.165, 1.54) is 4.90 Å². The van der Waals surface area contributed by atoms with Crippen LogP contribution in [-0.2, 0) is 11.3 Å². The van der Waals surface area contributed by atoms with Crippen LogP contribution in [0.3, 0.4) is 0 Å². The minimum atomic E-state index is -0.733. The first-order valence-corrected chi connectivity index (χ1v) is 6.52. The largest absolute Gasteiger partial charge is 0.329 e. The Balaban J connectivity index is 1.91. The lowest BCUT2D eigenvalue weighted by molar-refractivity contribution is -0.122. The van der Waals surface area contributed by atoms with Gasteiger partial charge in [0.2, 0.25) is 0 Å². The van der Waals surface area contributed by atoms with E-state index in [1.807, 2.05) is 19.1 Å². The molecular weight excluding hydrogens is 242 g/mol. The quantitative estimate of drug-likeness (QED) is 0.805. The Bertz CT molecular complexity index is 536. The van der Waals surface area contributed by atoms with Crippen molar-refractivity contribution < 1.29 is 9.59 Å². The summed E-state index contributed by atoms with van der Waals surface area (Å²) in [6, 6.07) is 6.86. The van der Waals surface area contributed by atoms with Gasteiger partial charge in [-0.1, -0.05) is 12.1 Å². The fraction of sp³-hybridized carbons (Fsp3) is 0.429. The number of imide groups is 1. The number of anilines is 1. The number of benzene rings is 1. The number of rotatable bonds is 3. The first-order chi connectivity index (χ1) is 9.06. The number of carbonyl (C=O) groups is 2. The highest BCUT2D eigenvalue weighted by Crippen LogP contribution is 2.43. The van der Waals surface area contributed by atoms with Crippen molar-refractivity contribution >= 4 is 17.6 Å². The summed E-state index contributed by atoms with van der Waals surface area (Å²) in [5.41, 5.74) is 6.38. The second kappa shape index (κ2) is 4.06. The average molecular weight is 259 g/mol. The fourth-order valence-corrected chi connectivity index (χ4v) is 2.61. The zero-order chi connectivity index (χ0) is 13.6. The van der Waals surface area contributed by atoms with Crippen molar-refractivity contribution in [3.8, 4) is 0 Å². The van der Waals surface area contributed by atoms with Crippen LogP contribution in [-0.4, -0.2) is 17.5 Å². The molecule has 1 atom stereocenters. The lowest BCUT2D eigenvalue weighted by Crippen LogP contribution is -2.46. The molecule has 1 aliphatic heterocycles. The van der Waals surface area contributed by atoms with E-state index in [0.717, 1.165) is 18.4 Å². The zero-order valence-corrected chi connectivity index (χ0v) is 10.8. The molecule has 1 saturated heterocycles. The number of carbonyl (C=O) groups excluding carboxylic acids is 2. The van der Waals surface area contributed by atoms with Gasteiger partial charge in [-0.3, -0.25) is 4.79 Å². The van der Waals surface area contributed by atoms with Gasteiger partial charge in [0.25, 0.3) is 5.91 Å². The van der Waals surface area contributed by atoms with Gasteiger partial charge >= 0.3 is 6.03 Å². The van der Waals surface area contributed by atoms with Gasteiger partial charge in [-0.2, -0.15) is 0 Å². The van der Waals surface area contributed by atoms with Crippen molar-refractivity contribution in [2.75, 3.05) is 4.90 Å². The Morgan fingerprint density at radius 1 is 1.32 bits per heavy atom. The maximum absolute atomic E-state index is 12.5. The summed E-state index contributed by atoms with van der Waals surface area (Å²) < 4.78 is 0. The highest BCUT2D eigenvalue weighted by Gasteiger charge is 2.56. The molecule has 0 bridgehead atoms. The number of amides is 3. The van der Waals surface area contributed by atoms with Crippen LogP contribution in [0.1, 0.15) is 25.3 Å². The molecule has 3 N–H and O–H groups in total. The number of nitrogens with two attached hydrogens (primary N) is 1. The van der Waals surface area contributed by atoms with Crippen LogP contribution in [0.15, 0.2) is 24.3 Å². The molecule has 1 saturated carbocycles. The molecule has 2 aliphatic rings. The summed E-state index contributed by atoms with van der Waals surface area (Å²) in [5.74, 6) is 0.123. The molecule has 3 amide bonds. The van der Waals surface area contributed by atoms with Gasteiger partial charge in [0.15, 0.2) is 0 Å². The SMILES string of the molecule is C[C@]1(C2CC2)NC(=O)N(c2ccc(CN)cc2)C1=O. The van der Waals surface area contributed by atoms with Crippen LogP contribution in [0.4, 0.5) is 10.5 Å². The molecule has 2 fully saturated rings. The van der Waals surface area contributed by atoms with E-state index >= 15 is 0 Å². The molecule has 1 aromatic carbocycles. The van der Waals surface area contributed by atoms with E-state index in [0.29, 0.717) is 12.2 Å². The zero-order valence-electron chi connectivity index (χ0n) is 10.8. The summed E-state index contributed by atoms with van der Waals surface area (Å²) >= 11 is 0. The Kier molecular flexibility index (Phi) is 2.60. The number of hydrogen-bond acceptors (Lipinski definition) is 3. The highest BCUT2D eigenvalue weighted by molar-refractivity contribution is 6.23. The molecular formula is C14H17N3O2. The van der Waals surface area contributed by atoms with Gasteiger partial charge in [0, 0.05) is 6.54 Å². The predicted octanol–water partition coefficient (Wildman–Crippen LogP) is 1.37. The summed E-state index contributed by atoms with van der Waals surface area (Å²) in [6.45, 7) is 2.26. The van der Waals surface area contributed by atoms with Crippen LogP contribution in [0.2, 0.25) is 0 Å². The third-order valence-corrected chi connectivity index (χ3v) is 4.04. The molecule has 5 heteroatoms. The average Bonchev–Trinajstić information content (AvgIpc) is 3.21. The molecule has 1 heterocycles. The molecule has 0 aromatic heterocycles. The first kappa shape index (κ1) is 12.2. The molecule has 0 spiro atoms. The van der Waals surface area contributed by atoms with Gasteiger partial charge in [0.05, 0.1) is 5.69 Å². The van der Waals surface area contributed by atoms with Gasteiger partial charge in [-0.15, -0.1) is 0 Å². The molecule has 0 radical (unpaired) electrons. The number of nitrogens with zero attached hydrogens (tertiary/aromatic N) is 1. The van der Waals surface area contributed by atoms with Crippen molar-refractivity contribution in [2.24, 2.45) is 11.7 Å². The van der Waals surface area contributed by atoms with Crippen LogP contribution in [0.5, 0.6) is 0 Å². The van der Waals surface area contributed by atoms with Crippen LogP contribution < -0.4 is 16.0 Å². The smallest absolute Gasteiger partial charge is 0.326 e. The third-order valence-electron chi connectivity index (χ3n) is 4.04. The van der Waals surface area contributed by atoms with Gasteiger partial charge in [-0.05, 0) is 43.4 Å². The van der Waals surface area contributed by atoms with Crippen molar-refractivity contribution in [2.45, 2.75) is 31.8 Å². The first-order valence-electron chi connectivity index (χ1n) is 6.52. The standard InChI is InChI=1S/C14H17N3O2/c1-14(10-4-5-10)12(18)17(13(19)16-14)11-6-2-9(8-15)3-7-11/h2-3,6-7,10H,4-5,8,15H2,1H3,(H,16,19)/t14-/m1/s1. The van der Waals surface area contributed by atoms with Crippen LogP contribution in [0.25, 0.3) is 0 Å². The topological polar surface area (TPSA) is 75.4 Å². The molecule has 0 unspecified atom stereocenters. The van der Waals surface area contributed by atoms with Crippen molar-refractivity contribution in [3.63, 3.8) is 0 Å². The Labute approximate surface area is 111 Å². The highest BCUT2D eigenvalue weighted by atomic mass is 16.2. The summed E-state index contributed by atoms with van der Waals surface area (Å²) in [5, 5.41) is 2.83. The molecule has 1 aromatic rings. The number of hydrogen-bond donors (Lipinski definition) is 2. The summed E-state index contributed by atoms with van der Waals surface area (Å²) in [4.78, 5) is 25.8. The summed E-state index contributed by atoms with van der Waals surface area (Å²) in [7, 11) is 0. The van der Waals surface area contributed by atoms with Gasteiger partial charge in [-0.25, -0.2) is 9.69 Å². The lowest BCUT2D eigenvalue weighted by atomic mass is 9.96. The van der Waals surface area contributed by atoms with E-state index in [2.05, 4.69) is 5.32 Å². The maximum Gasteiger partial charge on any atom is 0.329 e. The van der Waals surface area contributed by atoms with Crippen LogP contribution >= 0.6 is 0 Å². The molecule has 5 nitrogen and oxygen atoms in total. The second-order valence-corrected chi connectivity index (χ2v) is 5.42. The van der Waals surface area contributed by atoms with Crippen molar-refractivity contribution in [1.82, 2.24) is 5.32 Å². The van der Waals surface area contributed by atoms with Gasteiger partial charge < -0.3 is 11.1 Å². The van der Waals surface area contributed by atoms with E-state index in [1.54, 1.807) is 12.1 Å². The Morgan fingerprint density at radius 3 is 2.47 bits per heavy atom. The van der Waals surface area contributed by atoms with E-state index in [9.17, 15) is 9.59 Å². The molecule has 3 rings (SSSR count). The number of nitrogens with one attached hydrogen (secondary N) is 1. The normalized spacial score (nSPS) is 26.7. The van der Waals surface area contributed by atoms with Gasteiger partial charge in [0.1, 0.15) is 5.54 Å². The minimum Gasteiger partial charge on any atom is -0.326 e. The summed E-state index contributed by atoms with van der Waals surface area (Å²) in [6.07, 6.45) is 2.00. The van der Waals surface area contributed by atoms with E-state index in [4.69, 9.17) is 5.73 Å². The Hall–Kier alpha value is -1.88. The Morgan fingerprint density at radius 2 is 1.95 bits per heavy atom. The van der Waals surface area contributed by atoms with Crippen molar-refractivity contribution in [3.05, 3.63) is 29.8 Å². The minimum absolute atomic E-state index is 0.152. The molecule has 19 heavy (non-hydrogen) atoms. The second-order valence-electron chi connectivity index (χ2n) is 5.42. The molecule has 100 valence electrons. The van der Waals surface area contributed by atoms with Crippen LogP contribution in [0, 0.1) is 5.92 Å². The van der Waals surface area contributed by atoms with E-state index < -0.39 is 5.54 Å². The predicted molar refractivity (Wildman–Crippen MR) is 71.5 cm³/mol. The maximum atomic E-state index is 12.5. The van der Waals surface area contributed by atoms with Crippen molar-refractivity contribution in [1.29, 1.82) is 0 Å². The molecule has 1 aliphatic carbocycles. The fourth-order valence-electron chi connectivity index (χ4n) is 2.61. The number of urea groups is 1. The third kappa shape index (κ3) is 1.81.